The Kier molecular flexibility index (Phi) is 6.89. The summed E-state index contributed by atoms with van der Waals surface area (Å²) in [4.78, 5) is 20.4. The van der Waals surface area contributed by atoms with Gasteiger partial charge in [-0.3, -0.25) is 4.79 Å². The number of allylic oxidation sites excluding steroid dienone is 2. The zero-order chi connectivity index (χ0) is 22.6. The van der Waals surface area contributed by atoms with Crippen molar-refractivity contribution in [2.24, 2.45) is 0 Å². The van der Waals surface area contributed by atoms with E-state index in [0.29, 0.717) is 38.6 Å². The number of carbonyl (C=O) groups is 1. The van der Waals surface area contributed by atoms with Gasteiger partial charge in [-0.1, -0.05) is 0 Å². The number of rotatable bonds is 6. The minimum absolute atomic E-state index is 0.0617. The zero-order valence-electron chi connectivity index (χ0n) is 16.8. The molecule has 3 rings (SSSR count). The molecule has 0 aliphatic carbocycles. The Morgan fingerprint density at radius 3 is 2.52 bits per heavy atom. The van der Waals surface area contributed by atoms with Crippen LogP contribution in [0.3, 0.4) is 0 Å². The van der Waals surface area contributed by atoms with Crippen LogP contribution in [0.15, 0.2) is 36.5 Å². The van der Waals surface area contributed by atoms with Gasteiger partial charge in [0.2, 0.25) is 0 Å². The Morgan fingerprint density at radius 1 is 1.29 bits per heavy atom. The summed E-state index contributed by atoms with van der Waals surface area (Å²) in [5.74, 6) is -1.56. The van der Waals surface area contributed by atoms with Gasteiger partial charge in [0, 0.05) is 19.7 Å². The van der Waals surface area contributed by atoms with E-state index in [0.717, 1.165) is 18.3 Å². The number of amides is 1. The van der Waals surface area contributed by atoms with Crippen molar-refractivity contribution in [3.8, 4) is 0 Å². The quantitative estimate of drug-likeness (QED) is 0.524. The maximum Gasteiger partial charge on any atom is 0.420 e. The smallest absolute Gasteiger partial charge is 0.378 e. The number of benzene rings is 1. The molecular formula is C21H22F4N4O2. The molecule has 1 aliphatic rings. The molecule has 0 bridgehead atoms. The number of ether oxygens (including phenoxy) is 1. The second-order valence-corrected chi connectivity index (χ2v) is 7.07. The zero-order valence-corrected chi connectivity index (χ0v) is 16.8. The number of hydrogen-bond donors (Lipinski definition) is 2. The Morgan fingerprint density at radius 2 is 1.94 bits per heavy atom. The lowest BCUT2D eigenvalue weighted by atomic mass is 10.1. The lowest BCUT2D eigenvalue weighted by Crippen LogP contribution is -2.41. The average molecular weight is 438 g/mol. The Balaban J connectivity index is 1.79. The fraction of sp³-hybridized carbons (Fsp3) is 0.381. The van der Waals surface area contributed by atoms with Gasteiger partial charge in [-0.15, -0.1) is 0 Å². The van der Waals surface area contributed by atoms with Crippen LogP contribution >= 0.6 is 0 Å². The number of nitrogens with one attached hydrogen (secondary N) is 2. The molecule has 10 heteroatoms. The van der Waals surface area contributed by atoms with E-state index in [-0.39, 0.29) is 17.4 Å². The third-order valence-electron chi connectivity index (χ3n) is 4.94. The first-order chi connectivity index (χ1) is 14.7. The van der Waals surface area contributed by atoms with Crippen molar-refractivity contribution in [1.82, 2.24) is 14.9 Å². The minimum atomic E-state index is -4.82. The van der Waals surface area contributed by atoms with Crippen molar-refractivity contribution in [3.63, 3.8) is 0 Å². The molecule has 2 heterocycles. The van der Waals surface area contributed by atoms with E-state index in [1.165, 1.54) is 12.1 Å². The number of aromatic nitrogens is 2. The SMILES string of the molecule is CCOC1CCN(C(=O)c2cnc(/C(=C\C(=N)c3ccc(F)cc3)C(F)(F)F)[nH]2)CC1. The second kappa shape index (κ2) is 9.42. The van der Waals surface area contributed by atoms with Gasteiger partial charge in [0.1, 0.15) is 22.9 Å². The van der Waals surface area contributed by atoms with Crippen molar-refractivity contribution < 1.29 is 27.1 Å². The van der Waals surface area contributed by atoms with E-state index >= 15 is 0 Å². The van der Waals surface area contributed by atoms with Crippen LogP contribution in [-0.4, -0.2) is 58.5 Å². The lowest BCUT2D eigenvalue weighted by molar-refractivity contribution is -0.0693. The van der Waals surface area contributed by atoms with E-state index < -0.39 is 35.0 Å². The Hall–Kier alpha value is -3.01. The summed E-state index contributed by atoms with van der Waals surface area (Å²) in [6, 6.07) is 4.54. The third kappa shape index (κ3) is 5.57. The molecule has 0 unspecified atom stereocenters. The van der Waals surface area contributed by atoms with Crippen LogP contribution in [0, 0.1) is 11.2 Å². The molecule has 31 heavy (non-hydrogen) atoms. The lowest BCUT2D eigenvalue weighted by Gasteiger charge is -2.31. The van der Waals surface area contributed by atoms with Gasteiger partial charge in [-0.25, -0.2) is 9.37 Å². The van der Waals surface area contributed by atoms with Crippen molar-refractivity contribution in [2.45, 2.75) is 32.0 Å². The maximum absolute atomic E-state index is 13.6. The molecule has 1 amide bonds. The summed E-state index contributed by atoms with van der Waals surface area (Å²) >= 11 is 0. The molecule has 2 aromatic rings. The second-order valence-electron chi connectivity index (χ2n) is 7.07. The van der Waals surface area contributed by atoms with Gasteiger partial charge >= 0.3 is 6.18 Å². The number of alkyl halides is 3. The van der Waals surface area contributed by atoms with Crippen LogP contribution in [0.4, 0.5) is 17.6 Å². The van der Waals surface area contributed by atoms with E-state index in [1.54, 1.807) is 4.90 Å². The molecular weight excluding hydrogens is 416 g/mol. The average Bonchev–Trinajstić information content (AvgIpc) is 3.21. The standard InChI is InChI=1S/C21H22F4N4O2/c1-2-31-15-7-9-29(10-8-15)20(30)18-12-27-19(28-18)16(21(23,24)25)11-17(26)13-3-5-14(22)6-4-13/h3-6,11-12,15,26H,2,7-10H2,1H3,(H,27,28)/b16-11+,26-17?. The highest BCUT2D eigenvalue weighted by atomic mass is 19.4. The predicted octanol–water partition coefficient (Wildman–Crippen LogP) is 4.20. The van der Waals surface area contributed by atoms with Gasteiger partial charge in [0.15, 0.2) is 0 Å². The minimum Gasteiger partial charge on any atom is -0.378 e. The highest BCUT2D eigenvalue weighted by Gasteiger charge is 2.37. The molecule has 2 N–H and O–H groups in total. The first kappa shape index (κ1) is 22.7. The van der Waals surface area contributed by atoms with Gasteiger partial charge < -0.3 is 20.0 Å². The number of imidazole rings is 1. The van der Waals surface area contributed by atoms with Crippen molar-refractivity contribution >= 4 is 17.2 Å². The fourth-order valence-electron chi connectivity index (χ4n) is 3.34. The van der Waals surface area contributed by atoms with Crippen LogP contribution in [0.25, 0.3) is 5.57 Å². The van der Waals surface area contributed by atoms with Crippen molar-refractivity contribution in [1.29, 1.82) is 5.41 Å². The summed E-state index contributed by atoms with van der Waals surface area (Å²) in [5.41, 5.74) is -1.61. The van der Waals surface area contributed by atoms with E-state index in [4.69, 9.17) is 10.1 Å². The van der Waals surface area contributed by atoms with Crippen LogP contribution < -0.4 is 0 Å². The third-order valence-corrected chi connectivity index (χ3v) is 4.94. The fourth-order valence-corrected chi connectivity index (χ4v) is 3.34. The summed E-state index contributed by atoms with van der Waals surface area (Å²) < 4.78 is 59.5. The molecule has 0 saturated carbocycles. The number of piperidine rings is 1. The van der Waals surface area contributed by atoms with Gasteiger partial charge in [0.05, 0.1) is 18.0 Å². The van der Waals surface area contributed by atoms with E-state index in [2.05, 4.69) is 9.97 Å². The highest BCUT2D eigenvalue weighted by Crippen LogP contribution is 2.33. The van der Waals surface area contributed by atoms with Crippen LogP contribution in [0.5, 0.6) is 0 Å². The number of halogens is 4. The molecule has 1 aliphatic heterocycles. The van der Waals surface area contributed by atoms with Gasteiger partial charge in [-0.2, -0.15) is 13.2 Å². The molecule has 1 aromatic carbocycles. The predicted molar refractivity (Wildman–Crippen MR) is 106 cm³/mol. The summed E-state index contributed by atoms with van der Waals surface area (Å²) in [6.45, 7) is 3.36. The molecule has 6 nitrogen and oxygen atoms in total. The van der Waals surface area contributed by atoms with E-state index in [1.807, 2.05) is 6.92 Å². The molecule has 1 saturated heterocycles. The summed E-state index contributed by atoms with van der Waals surface area (Å²) in [6.07, 6.45) is -1.77. The number of likely N-dealkylation sites (tertiary alicyclic amines) is 1. The number of aromatic amines is 1. The first-order valence-corrected chi connectivity index (χ1v) is 9.78. The number of H-pyrrole nitrogens is 1. The Bertz CT molecular complexity index is 959. The van der Waals surface area contributed by atoms with E-state index in [9.17, 15) is 22.4 Å². The normalized spacial score (nSPS) is 15.9. The van der Waals surface area contributed by atoms with Crippen LogP contribution in [0.1, 0.15) is 41.6 Å². The molecule has 1 aromatic heterocycles. The molecule has 0 atom stereocenters. The maximum atomic E-state index is 13.6. The number of hydrogen-bond acceptors (Lipinski definition) is 4. The molecule has 0 radical (unpaired) electrons. The molecule has 1 fully saturated rings. The highest BCUT2D eigenvalue weighted by molar-refractivity contribution is 6.10. The number of carbonyl (C=O) groups excluding carboxylic acids is 1. The molecule has 166 valence electrons. The van der Waals surface area contributed by atoms with Crippen molar-refractivity contribution in [3.05, 3.63) is 59.4 Å². The van der Waals surface area contributed by atoms with Crippen molar-refractivity contribution in [2.75, 3.05) is 19.7 Å². The first-order valence-electron chi connectivity index (χ1n) is 9.78. The number of nitrogens with zero attached hydrogens (tertiary/aromatic N) is 2. The molecule has 0 spiro atoms. The summed E-state index contributed by atoms with van der Waals surface area (Å²) in [7, 11) is 0. The topological polar surface area (TPSA) is 82.1 Å². The van der Waals surface area contributed by atoms with Crippen LogP contribution in [0.2, 0.25) is 0 Å². The van der Waals surface area contributed by atoms with Gasteiger partial charge in [0.25, 0.3) is 5.91 Å². The summed E-state index contributed by atoms with van der Waals surface area (Å²) in [5, 5.41) is 7.94. The van der Waals surface area contributed by atoms with Gasteiger partial charge in [-0.05, 0) is 55.7 Å². The van der Waals surface area contributed by atoms with Crippen LogP contribution in [-0.2, 0) is 4.74 Å². The Labute approximate surface area is 176 Å². The largest absolute Gasteiger partial charge is 0.420 e. The monoisotopic (exact) mass is 438 g/mol.